The minimum Gasteiger partial charge on any atom is -0.392 e. The summed E-state index contributed by atoms with van der Waals surface area (Å²) >= 11 is 0. The minimum atomic E-state index is 0.143. The number of hydrogen-bond donors (Lipinski definition) is 1. The van der Waals surface area contributed by atoms with Gasteiger partial charge in [0, 0.05) is 0 Å². The summed E-state index contributed by atoms with van der Waals surface area (Å²) in [4.78, 5) is 0. The van der Waals surface area contributed by atoms with Gasteiger partial charge in [-0.05, 0) is 42.4 Å². The Morgan fingerprint density at radius 3 is 2.53 bits per heavy atom. The fraction of sp³-hybridized carbons (Fsp3) is 0.750. The van der Waals surface area contributed by atoms with Crippen LogP contribution >= 0.6 is 0 Å². The van der Waals surface area contributed by atoms with Crippen LogP contribution in [0.15, 0.2) is 23.8 Å². The zero-order chi connectivity index (χ0) is 12.7. The Kier molecular flexibility index (Phi) is 3.02. The van der Waals surface area contributed by atoms with E-state index in [-0.39, 0.29) is 6.61 Å². The van der Waals surface area contributed by atoms with Crippen molar-refractivity contribution in [3.8, 4) is 0 Å². The lowest BCUT2D eigenvalue weighted by atomic mass is 9.63. The van der Waals surface area contributed by atoms with Gasteiger partial charge in [0.1, 0.15) is 0 Å². The van der Waals surface area contributed by atoms with E-state index < -0.39 is 0 Å². The van der Waals surface area contributed by atoms with Crippen LogP contribution in [0.4, 0.5) is 0 Å². The van der Waals surface area contributed by atoms with E-state index in [2.05, 4.69) is 39.8 Å². The third kappa shape index (κ3) is 1.89. The maximum atomic E-state index is 8.89. The molecular weight excluding hydrogens is 208 g/mol. The van der Waals surface area contributed by atoms with Gasteiger partial charge in [-0.3, -0.25) is 0 Å². The normalized spacial score (nSPS) is 40.4. The van der Waals surface area contributed by atoms with E-state index >= 15 is 0 Å². The van der Waals surface area contributed by atoms with Gasteiger partial charge in [0.15, 0.2) is 0 Å². The summed E-state index contributed by atoms with van der Waals surface area (Å²) in [5.74, 6) is 0. The van der Waals surface area contributed by atoms with Crippen LogP contribution in [-0.4, -0.2) is 11.7 Å². The first-order valence-electron chi connectivity index (χ1n) is 6.84. The Labute approximate surface area is 106 Å². The van der Waals surface area contributed by atoms with Crippen LogP contribution < -0.4 is 0 Å². The van der Waals surface area contributed by atoms with Crippen molar-refractivity contribution in [2.24, 2.45) is 16.2 Å². The first kappa shape index (κ1) is 12.9. The number of rotatable bonds is 3. The van der Waals surface area contributed by atoms with Crippen molar-refractivity contribution in [3.05, 3.63) is 23.8 Å². The molecule has 2 aliphatic carbocycles. The van der Waals surface area contributed by atoms with E-state index in [1.165, 1.54) is 31.3 Å². The highest BCUT2D eigenvalue weighted by atomic mass is 16.2. The highest BCUT2D eigenvalue weighted by Crippen LogP contribution is 2.78. The molecule has 0 aromatic rings. The summed E-state index contributed by atoms with van der Waals surface area (Å²) in [6.45, 7) is 9.51. The molecule has 2 atom stereocenters. The molecule has 0 spiro atoms. The summed E-state index contributed by atoms with van der Waals surface area (Å²) < 4.78 is 0. The summed E-state index contributed by atoms with van der Waals surface area (Å²) in [6.07, 6.45) is 12.0. The van der Waals surface area contributed by atoms with Crippen molar-refractivity contribution in [1.29, 1.82) is 0 Å². The molecule has 2 rings (SSSR count). The van der Waals surface area contributed by atoms with Gasteiger partial charge in [0.25, 0.3) is 0 Å². The molecular formula is C16H26O. The molecule has 0 aromatic heterocycles. The van der Waals surface area contributed by atoms with Crippen LogP contribution in [0.2, 0.25) is 0 Å². The molecule has 2 unspecified atom stereocenters. The van der Waals surface area contributed by atoms with Gasteiger partial charge in [-0.2, -0.15) is 0 Å². The fourth-order valence-corrected chi connectivity index (χ4v) is 4.05. The van der Waals surface area contributed by atoms with E-state index in [1.54, 1.807) is 0 Å². The Hall–Kier alpha value is -0.560. The van der Waals surface area contributed by atoms with Crippen LogP contribution in [0.5, 0.6) is 0 Å². The van der Waals surface area contributed by atoms with Crippen LogP contribution in [0, 0.1) is 16.2 Å². The molecule has 0 radical (unpaired) electrons. The van der Waals surface area contributed by atoms with E-state index in [9.17, 15) is 0 Å². The third-order valence-electron chi connectivity index (χ3n) is 5.40. The Bertz CT molecular complexity index is 364. The van der Waals surface area contributed by atoms with Gasteiger partial charge < -0.3 is 5.11 Å². The molecule has 2 fully saturated rings. The predicted molar refractivity (Wildman–Crippen MR) is 72.8 cm³/mol. The second-order valence-corrected chi connectivity index (χ2v) is 6.91. The monoisotopic (exact) mass is 234 g/mol. The van der Waals surface area contributed by atoms with Crippen molar-refractivity contribution >= 4 is 0 Å². The Morgan fingerprint density at radius 1 is 1.24 bits per heavy atom. The average molecular weight is 234 g/mol. The predicted octanol–water partition coefficient (Wildman–Crippen LogP) is 4.09. The fourth-order valence-electron chi connectivity index (χ4n) is 4.05. The van der Waals surface area contributed by atoms with Gasteiger partial charge in [0.05, 0.1) is 6.61 Å². The van der Waals surface area contributed by atoms with Gasteiger partial charge in [0.2, 0.25) is 0 Å². The zero-order valence-electron chi connectivity index (χ0n) is 11.7. The minimum absolute atomic E-state index is 0.143. The molecule has 0 saturated heterocycles. The Balaban J connectivity index is 2.22. The maximum Gasteiger partial charge on any atom is 0.0617 e. The van der Waals surface area contributed by atoms with Crippen LogP contribution in [0.3, 0.4) is 0 Å². The molecule has 1 nitrogen and oxygen atoms in total. The smallest absolute Gasteiger partial charge is 0.0617 e. The van der Waals surface area contributed by atoms with E-state index in [0.29, 0.717) is 16.2 Å². The van der Waals surface area contributed by atoms with Crippen molar-refractivity contribution in [2.75, 3.05) is 6.61 Å². The Morgan fingerprint density at radius 2 is 1.94 bits per heavy atom. The van der Waals surface area contributed by atoms with Gasteiger partial charge in [-0.1, -0.05) is 51.0 Å². The highest BCUT2D eigenvalue weighted by molar-refractivity contribution is 5.31. The lowest BCUT2D eigenvalue weighted by Gasteiger charge is -2.41. The SMILES string of the molecule is CC(C=CC12CC1(C)CCCC2(C)C)=CCO. The average Bonchev–Trinajstić information content (AvgIpc) is 2.84. The first-order valence-corrected chi connectivity index (χ1v) is 6.84. The quantitative estimate of drug-likeness (QED) is 0.729. The number of hydrogen-bond acceptors (Lipinski definition) is 1. The molecule has 17 heavy (non-hydrogen) atoms. The lowest BCUT2D eigenvalue weighted by molar-refractivity contribution is 0.119. The maximum absolute atomic E-state index is 8.89. The summed E-state index contributed by atoms with van der Waals surface area (Å²) in [6, 6.07) is 0. The van der Waals surface area contributed by atoms with E-state index in [4.69, 9.17) is 5.11 Å². The molecule has 0 aromatic carbocycles. The molecule has 0 heterocycles. The summed E-state index contributed by atoms with van der Waals surface area (Å²) in [5, 5.41) is 8.89. The van der Waals surface area contributed by atoms with Crippen molar-refractivity contribution < 1.29 is 5.11 Å². The molecule has 0 amide bonds. The number of aliphatic hydroxyl groups is 1. The van der Waals surface area contributed by atoms with Crippen LogP contribution in [0.1, 0.15) is 53.4 Å². The number of aliphatic hydroxyl groups excluding tert-OH is 1. The number of fused-ring (bicyclic) bond motifs is 1. The largest absolute Gasteiger partial charge is 0.392 e. The second-order valence-electron chi connectivity index (χ2n) is 6.91. The van der Waals surface area contributed by atoms with Gasteiger partial charge in [-0.25, -0.2) is 0 Å². The van der Waals surface area contributed by atoms with Gasteiger partial charge in [-0.15, -0.1) is 0 Å². The highest BCUT2D eigenvalue weighted by Gasteiger charge is 2.69. The lowest BCUT2D eigenvalue weighted by Crippen LogP contribution is -2.32. The topological polar surface area (TPSA) is 20.2 Å². The van der Waals surface area contributed by atoms with E-state index in [0.717, 1.165) is 0 Å². The third-order valence-corrected chi connectivity index (χ3v) is 5.40. The van der Waals surface area contributed by atoms with Crippen molar-refractivity contribution in [1.82, 2.24) is 0 Å². The molecule has 1 N–H and O–H groups in total. The second kappa shape index (κ2) is 3.98. The molecule has 2 saturated carbocycles. The molecule has 1 heteroatoms. The summed E-state index contributed by atoms with van der Waals surface area (Å²) in [7, 11) is 0. The van der Waals surface area contributed by atoms with Crippen molar-refractivity contribution in [2.45, 2.75) is 53.4 Å². The summed E-state index contributed by atoms with van der Waals surface area (Å²) in [5.41, 5.74) is 2.54. The molecule has 0 aliphatic heterocycles. The van der Waals surface area contributed by atoms with E-state index in [1.807, 2.05) is 6.08 Å². The van der Waals surface area contributed by atoms with Crippen LogP contribution in [0.25, 0.3) is 0 Å². The molecule has 2 aliphatic rings. The molecule has 0 bridgehead atoms. The number of allylic oxidation sites excluding steroid dienone is 3. The van der Waals surface area contributed by atoms with Gasteiger partial charge >= 0.3 is 0 Å². The zero-order valence-corrected chi connectivity index (χ0v) is 11.7. The van der Waals surface area contributed by atoms with Crippen molar-refractivity contribution in [3.63, 3.8) is 0 Å². The standard InChI is InChI=1S/C16H26O/c1-13(7-11-17)6-10-16-12-15(16,4)9-5-8-14(16,2)3/h6-7,10,17H,5,8-9,11-12H2,1-4H3. The van der Waals surface area contributed by atoms with Crippen LogP contribution in [-0.2, 0) is 0 Å². The first-order chi connectivity index (χ1) is 7.87. The molecule has 96 valence electrons.